The molecule has 0 spiro atoms. The Labute approximate surface area is 271 Å². The lowest BCUT2D eigenvalue weighted by Gasteiger charge is -2.07. The molecular weight excluding hydrogens is 540 g/mol. The Balaban J connectivity index is 1.54. The number of hydrogen-bond acceptors (Lipinski definition) is 1. The van der Waals surface area contributed by atoms with Crippen molar-refractivity contribution in [3.63, 3.8) is 0 Å². The first-order valence-corrected chi connectivity index (χ1v) is 18.8. The van der Waals surface area contributed by atoms with Crippen molar-refractivity contribution in [1.29, 1.82) is 0 Å². The van der Waals surface area contributed by atoms with Crippen LogP contribution < -0.4 is 19.8 Å². The van der Waals surface area contributed by atoms with Crippen LogP contribution in [-0.2, 0) is 13.1 Å². The lowest BCUT2D eigenvalue weighted by Crippen LogP contribution is -2.34. The predicted molar refractivity (Wildman–Crippen MR) is 188 cm³/mol. The van der Waals surface area contributed by atoms with Gasteiger partial charge in [0.1, 0.15) is 24.5 Å². The second-order valence-electron chi connectivity index (χ2n) is 13.0. The van der Waals surface area contributed by atoms with Crippen molar-refractivity contribution in [1.82, 2.24) is 0 Å². The molecule has 0 saturated carbocycles. The first-order chi connectivity index (χ1) is 21.7. The van der Waals surface area contributed by atoms with Gasteiger partial charge in [-0.2, -0.15) is 0 Å². The van der Waals surface area contributed by atoms with E-state index in [1.807, 2.05) is 36.7 Å². The minimum atomic E-state index is -0.198. The second kappa shape index (κ2) is 26.9. The van der Waals surface area contributed by atoms with Crippen LogP contribution in [0.3, 0.4) is 0 Å². The highest BCUT2D eigenvalue weighted by Crippen LogP contribution is 2.14. The standard InChI is InChI=1S/C39H67N4O/c1-3-5-7-9-11-13-15-17-19-21-23-25-31-42-33-27-29-37(35-42)40-39(44)41-38-30-28-34-43(36-38)32-26-24-22-20-18-16-14-12-10-8-6-4-2/h27-30,33-36H,3-26,31-32H2,1-2H3,(H-,40,41,44)/q+1/p+1. The molecular formula is C39H68N4O+2. The first kappa shape index (κ1) is 37.8. The molecule has 0 radical (unpaired) electrons. The number of anilines is 2. The fraction of sp³-hybridized carbons (Fsp3) is 0.718. The van der Waals surface area contributed by atoms with E-state index in [0.29, 0.717) is 0 Å². The zero-order valence-corrected chi connectivity index (χ0v) is 28.8. The number of aryl methyl sites for hydroxylation is 2. The van der Waals surface area contributed by atoms with Crippen LogP contribution in [0.4, 0.5) is 16.2 Å². The molecule has 0 saturated heterocycles. The molecule has 2 aromatic heterocycles. The zero-order chi connectivity index (χ0) is 31.3. The number of carbonyl (C=O) groups excluding carboxylic acids is 1. The van der Waals surface area contributed by atoms with Crippen LogP contribution in [0.2, 0.25) is 0 Å². The summed E-state index contributed by atoms with van der Waals surface area (Å²) in [5, 5.41) is 6.02. The number of aromatic nitrogens is 2. The summed E-state index contributed by atoms with van der Waals surface area (Å²) in [5.74, 6) is 0. The van der Waals surface area contributed by atoms with E-state index in [1.54, 1.807) is 0 Å². The molecule has 5 heteroatoms. The third kappa shape index (κ3) is 20.5. The van der Waals surface area contributed by atoms with Crippen LogP contribution in [0.1, 0.15) is 168 Å². The molecule has 0 bridgehead atoms. The first-order valence-electron chi connectivity index (χ1n) is 18.8. The molecule has 0 aliphatic carbocycles. The number of unbranched alkanes of at least 4 members (excludes halogenated alkanes) is 22. The lowest BCUT2D eigenvalue weighted by atomic mass is 10.1. The van der Waals surface area contributed by atoms with Gasteiger partial charge in [-0.1, -0.05) is 142 Å². The summed E-state index contributed by atoms with van der Waals surface area (Å²) >= 11 is 0. The number of nitrogens with zero attached hydrogens (tertiary/aromatic N) is 2. The Morgan fingerprint density at radius 3 is 1.09 bits per heavy atom. The predicted octanol–water partition coefficient (Wildman–Crippen LogP) is 11.3. The summed E-state index contributed by atoms with van der Waals surface area (Å²) in [5.41, 5.74) is 1.65. The molecule has 2 amide bonds. The van der Waals surface area contributed by atoms with Gasteiger partial charge in [0.25, 0.3) is 0 Å². The van der Waals surface area contributed by atoms with Gasteiger partial charge >= 0.3 is 6.03 Å². The molecule has 0 fully saturated rings. The average molecular weight is 609 g/mol. The van der Waals surface area contributed by atoms with Crippen molar-refractivity contribution in [2.75, 3.05) is 10.6 Å². The van der Waals surface area contributed by atoms with Crippen LogP contribution >= 0.6 is 0 Å². The van der Waals surface area contributed by atoms with Gasteiger partial charge in [0.15, 0.2) is 24.8 Å². The Hall–Kier alpha value is -2.43. The number of pyridine rings is 2. The van der Waals surface area contributed by atoms with Gasteiger partial charge in [0.2, 0.25) is 0 Å². The highest BCUT2D eigenvalue weighted by atomic mass is 16.2. The van der Waals surface area contributed by atoms with Gasteiger partial charge in [0, 0.05) is 25.0 Å². The van der Waals surface area contributed by atoms with Crippen molar-refractivity contribution in [2.45, 2.75) is 181 Å². The molecule has 2 aromatic rings. The van der Waals surface area contributed by atoms with Crippen molar-refractivity contribution < 1.29 is 13.9 Å². The molecule has 0 atom stereocenters. The van der Waals surface area contributed by atoms with Crippen LogP contribution in [-0.4, -0.2) is 6.03 Å². The van der Waals surface area contributed by atoms with Crippen LogP contribution in [0.5, 0.6) is 0 Å². The minimum absolute atomic E-state index is 0.198. The minimum Gasteiger partial charge on any atom is -0.302 e. The number of urea groups is 1. The molecule has 248 valence electrons. The maximum Gasteiger partial charge on any atom is 0.324 e. The molecule has 0 aromatic carbocycles. The molecule has 0 unspecified atom stereocenters. The van der Waals surface area contributed by atoms with Crippen LogP contribution in [0.15, 0.2) is 49.1 Å². The molecule has 0 aliphatic rings. The van der Waals surface area contributed by atoms with E-state index in [-0.39, 0.29) is 6.03 Å². The summed E-state index contributed by atoms with van der Waals surface area (Å²) < 4.78 is 4.38. The largest absolute Gasteiger partial charge is 0.324 e. The quantitative estimate of drug-likeness (QED) is 0.0732. The summed E-state index contributed by atoms with van der Waals surface area (Å²) in [6.45, 7) is 6.55. The average Bonchev–Trinajstić information content (AvgIpc) is 3.02. The van der Waals surface area contributed by atoms with Gasteiger partial charge in [-0.3, -0.25) is 0 Å². The Bertz CT molecular complexity index is 887. The summed E-state index contributed by atoms with van der Waals surface area (Å²) in [6, 6.07) is 7.74. The van der Waals surface area contributed by atoms with Gasteiger partial charge < -0.3 is 10.6 Å². The van der Waals surface area contributed by atoms with Crippen molar-refractivity contribution in [3.05, 3.63) is 49.1 Å². The van der Waals surface area contributed by atoms with E-state index in [1.165, 1.54) is 154 Å². The second-order valence-corrected chi connectivity index (χ2v) is 13.0. The maximum absolute atomic E-state index is 12.7. The van der Waals surface area contributed by atoms with E-state index in [0.717, 1.165) is 24.5 Å². The number of hydrogen-bond donors (Lipinski definition) is 2. The monoisotopic (exact) mass is 609 g/mol. The van der Waals surface area contributed by atoms with E-state index >= 15 is 0 Å². The normalized spacial score (nSPS) is 11.1. The Morgan fingerprint density at radius 2 is 0.773 bits per heavy atom. The van der Waals surface area contributed by atoms with E-state index < -0.39 is 0 Å². The van der Waals surface area contributed by atoms with Crippen molar-refractivity contribution in [2.24, 2.45) is 0 Å². The molecule has 2 heterocycles. The van der Waals surface area contributed by atoms with E-state index in [4.69, 9.17) is 0 Å². The molecule has 0 aliphatic heterocycles. The molecule has 5 nitrogen and oxygen atoms in total. The maximum atomic E-state index is 12.7. The molecule has 44 heavy (non-hydrogen) atoms. The number of amides is 2. The summed E-state index contributed by atoms with van der Waals surface area (Å²) in [6.07, 6.45) is 40.9. The number of carbonyl (C=O) groups is 1. The SMILES string of the molecule is CCCCCCCCCCCCCC[n+]1cccc(NC(=O)Nc2ccc[n+](CCCCCCCCCCCCCC)c2)c1. The molecule has 2 rings (SSSR count). The van der Waals surface area contributed by atoms with E-state index in [9.17, 15) is 4.79 Å². The lowest BCUT2D eigenvalue weighted by molar-refractivity contribution is -0.696. The Morgan fingerprint density at radius 1 is 0.477 bits per heavy atom. The van der Waals surface area contributed by atoms with Gasteiger partial charge in [-0.25, -0.2) is 13.9 Å². The number of rotatable bonds is 28. The Kier molecular flexibility index (Phi) is 23.1. The van der Waals surface area contributed by atoms with Crippen LogP contribution in [0.25, 0.3) is 0 Å². The summed E-state index contributed by atoms with van der Waals surface area (Å²) in [4.78, 5) is 12.7. The zero-order valence-electron chi connectivity index (χ0n) is 28.8. The van der Waals surface area contributed by atoms with E-state index in [2.05, 4.69) is 46.0 Å². The highest BCUT2D eigenvalue weighted by molar-refractivity contribution is 5.99. The third-order valence-corrected chi connectivity index (χ3v) is 8.77. The number of nitrogens with one attached hydrogen (secondary N) is 2. The van der Waals surface area contributed by atoms with Gasteiger partial charge in [-0.05, 0) is 25.0 Å². The van der Waals surface area contributed by atoms with Gasteiger partial charge in [-0.15, -0.1) is 0 Å². The van der Waals surface area contributed by atoms with Crippen molar-refractivity contribution in [3.8, 4) is 0 Å². The third-order valence-electron chi connectivity index (χ3n) is 8.77. The summed E-state index contributed by atoms with van der Waals surface area (Å²) in [7, 11) is 0. The topological polar surface area (TPSA) is 48.9 Å². The highest BCUT2D eigenvalue weighted by Gasteiger charge is 2.10. The van der Waals surface area contributed by atoms with Crippen molar-refractivity contribution >= 4 is 17.4 Å². The molecule has 2 N–H and O–H groups in total. The van der Waals surface area contributed by atoms with Gasteiger partial charge in [0.05, 0.1) is 0 Å². The fourth-order valence-electron chi connectivity index (χ4n) is 6.03. The fourth-order valence-corrected chi connectivity index (χ4v) is 6.03. The van der Waals surface area contributed by atoms with Crippen LogP contribution in [0, 0.1) is 0 Å². The smallest absolute Gasteiger partial charge is 0.302 e.